The van der Waals surface area contributed by atoms with Crippen LogP contribution in [0.15, 0.2) is 23.0 Å². The predicted octanol–water partition coefficient (Wildman–Crippen LogP) is -1.06. The summed E-state index contributed by atoms with van der Waals surface area (Å²) in [4.78, 5) is 35.5. The van der Waals surface area contributed by atoms with Crippen molar-refractivity contribution in [3.05, 3.63) is 34.2 Å². The van der Waals surface area contributed by atoms with Crippen LogP contribution in [0.2, 0.25) is 0 Å². The minimum absolute atomic E-state index is 0.0262. The third kappa shape index (κ3) is 3.72. The Hall–Kier alpha value is -2.15. The fraction of sp³-hybridized carbons (Fsp3) is 0.300. The van der Waals surface area contributed by atoms with E-state index in [1.54, 1.807) is 0 Å². The van der Waals surface area contributed by atoms with E-state index in [4.69, 9.17) is 10.2 Å². The first-order valence-corrected chi connectivity index (χ1v) is 4.88. The van der Waals surface area contributed by atoms with Gasteiger partial charge < -0.3 is 20.5 Å². The molecular formula is C10H12N2O5. The SMILES string of the molecule is O=C(NC(CCO)C(=O)O)c1cccc(=O)[nH]1. The van der Waals surface area contributed by atoms with Gasteiger partial charge in [-0.1, -0.05) is 6.07 Å². The monoisotopic (exact) mass is 240 g/mol. The van der Waals surface area contributed by atoms with Crippen LogP contribution in [0.1, 0.15) is 16.9 Å². The van der Waals surface area contributed by atoms with Gasteiger partial charge in [0.25, 0.3) is 5.91 Å². The highest BCUT2D eigenvalue weighted by Crippen LogP contribution is 1.96. The maximum Gasteiger partial charge on any atom is 0.326 e. The van der Waals surface area contributed by atoms with Gasteiger partial charge in [0.05, 0.1) is 0 Å². The molecule has 1 aromatic rings. The Morgan fingerprint density at radius 3 is 2.65 bits per heavy atom. The molecule has 0 saturated heterocycles. The summed E-state index contributed by atoms with van der Waals surface area (Å²) < 4.78 is 0. The molecule has 1 atom stereocenters. The van der Waals surface area contributed by atoms with Crippen LogP contribution in [-0.4, -0.2) is 39.7 Å². The summed E-state index contributed by atoms with van der Waals surface area (Å²) in [6, 6.07) is 2.79. The van der Waals surface area contributed by atoms with E-state index in [2.05, 4.69) is 10.3 Å². The molecule has 0 aromatic carbocycles. The highest BCUT2D eigenvalue weighted by Gasteiger charge is 2.20. The van der Waals surface area contributed by atoms with E-state index in [1.165, 1.54) is 18.2 Å². The molecule has 1 unspecified atom stereocenters. The lowest BCUT2D eigenvalue weighted by Crippen LogP contribution is -2.42. The van der Waals surface area contributed by atoms with Crippen LogP contribution in [0.25, 0.3) is 0 Å². The average Bonchev–Trinajstić information content (AvgIpc) is 2.28. The van der Waals surface area contributed by atoms with Gasteiger partial charge in [-0.05, 0) is 6.07 Å². The maximum atomic E-state index is 11.6. The lowest BCUT2D eigenvalue weighted by Gasteiger charge is -2.12. The van der Waals surface area contributed by atoms with Crippen LogP contribution in [0, 0.1) is 0 Å². The number of hydrogen-bond donors (Lipinski definition) is 4. The van der Waals surface area contributed by atoms with Crippen molar-refractivity contribution in [1.82, 2.24) is 10.3 Å². The molecule has 7 nitrogen and oxygen atoms in total. The predicted molar refractivity (Wildman–Crippen MR) is 57.7 cm³/mol. The van der Waals surface area contributed by atoms with Crippen molar-refractivity contribution >= 4 is 11.9 Å². The number of amides is 1. The maximum absolute atomic E-state index is 11.6. The molecule has 0 spiro atoms. The molecule has 17 heavy (non-hydrogen) atoms. The lowest BCUT2D eigenvalue weighted by molar-refractivity contribution is -0.139. The molecule has 0 radical (unpaired) electrons. The van der Waals surface area contributed by atoms with E-state index in [9.17, 15) is 14.4 Å². The van der Waals surface area contributed by atoms with Crippen LogP contribution in [-0.2, 0) is 4.79 Å². The number of carbonyl (C=O) groups is 2. The van der Waals surface area contributed by atoms with Gasteiger partial charge in [-0.2, -0.15) is 0 Å². The minimum atomic E-state index is -1.24. The van der Waals surface area contributed by atoms with E-state index in [0.29, 0.717) is 0 Å². The molecule has 7 heteroatoms. The number of aliphatic carboxylic acids is 1. The Bertz CT molecular complexity index is 468. The van der Waals surface area contributed by atoms with Crippen LogP contribution < -0.4 is 10.9 Å². The Morgan fingerprint density at radius 2 is 2.12 bits per heavy atom. The molecule has 0 bridgehead atoms. The third-order valence-electron chi connectivity index (χ3n) is 2.03. The van der Waals surface area contributed by atoms with Gasteiger partial charge >= 0.3 is 5.97 Å². The second-order valence-electron chi connectivity index (χ2n) is 3.31. The first-order chi connectivity index (χ1) is 8.04. The first kappa shape index (κ1) is 12.9. The van der Waals surface area contributed by atoms with Gasteiger partial charge in [-0.15, -0.1) is 0 Å². The molecular weight excluding hydrogens is 228 g/mol. The summed E-state index contributed by atoms with van der Waals surface area (Å²) in [6.07, 6.45) is -0.0991. The Kier molecular flexibility index (Phi) is 4.41. The number of aliphatic hydroxyl groups excluding tert-OH is 1. The molecule has 1 amide bonds. The average molecular weight is 240 g/mol. The van der Waals surface area contributed by atoms with E-state index in [-0.39, 0.29) is 18.7 Å². The molecule has 0 aliphatic heterocycles. The number of rotatable bonds is 5. The Morgan fingerprint density at radius 1 is 1.41 bits per heavy atom. The number of nitrogens with one attached hydrogen (secondary N) is 2. The number of aromatic nitrogens is 1. The summed E-state index contributed by atoms with van der Waals surface area (Å²) in [5, 5.41) is 19.6. The number of carboxylic acid groups (broad SMARTS) is 1. The van der Waals surface area contributed by atoms with Crippen molar-refractivity contribution in [2.75, 3.05) is 6.61 Å². The molecule has 4 N–H and O–H groups in total. The second-order valence-corrected chi connectivity index (χ2v) is 3.31. The normalized spacial score (nSPS) is 11.8. The van der Waals surface area contributed by atoms with Gasteiger partial charge in [0.15, 0.2) is 0 Å². The molecule has 92 valence electrons. The van der Waals surface area contributed by atoms with Crippen molar-refractivity contribution in [3.63, 3.8) is 0 Å². The number of pyridine rings is 1. The van der Waals surface area contributed by atoms with Crippen molar-refractivity contribution in [2.45, 2.75) is 12.5 Å². The zero-order chi connectivity index (χ0) is 12.8. The number of hydrogen-bond acceptors (Lipinski definition) is 4. The summed E-state index contributed by atoms with van der Waals surface area (Å²) >= 11 is 0. The van der Waals surface area contributed by atoms with Gasteiger partial charge in [0.1, 0.15) is 11.7 Å². The quantitative estimate of drug-likeness (QED) is 0.523. The van der Waals surface area contributed by atoms with E-state index in [0.717, 1.165) is 0 Å². The van der Waals surface area contributed by atoms with Crippen LogP contribution >= 0.6 is 0 Å². The smallest absolute Gasteiger partial charge is 0.326 e. The Labute approximate surface area is 96.1 Å². The number of carboxylic acids is 1. The van der Waals surface area contributed by atoms with E-state index in [1.807, 2.05) is 0 Å². The Balaban J connectivity index is 2.77. The zero-order valence-corrected chi connectivity index (χ0v) is 8.84. The highest BCUT2D eigenvalue weighted by molar-refractivity contribution is 5.94. The molecule has 1 rings (SSSR count). The summed E-state index contributed by atoms with van der Waals surface area (Å²) in [5.74, 6) is -1.95. The molecule has 0 aliphatic carbocycles. The van der Waals surface area contributed by atoms with Crippen molar-refractivity contribution in [2.24, 2.45) is 0 Å². The highest BCUT2D eigenvalue weighted by atomic mass is 16.4. The van der Waals surface area contributed by atoms with Crippen LogP contribution in [0.3, 0.4) is 0 Å². The van der Waals surface area contributed by atoms with Gasteiger partial charge in [-0.25, -0.2) is 4.79 Å². The summed E-state index contributed by atoms with van der Waals surface area (Å²) in [5.41, 5.74) is -0.478. The van der Waals surface area contributed by atoms with E-state index >= 15 is 0 Å². The fourth-order valence-electron chi connectivity index (χ4n) is 1.20. The van der Waals surface area contributed by atoms with Crippen molar-refractivity contribution in [1.29, 1.82) is 0 Å². The molecule has 0 aliphatic rings. The van der Waals surface area contributed by atoms with Crippen molar-refractivity contribution < 1.29 is 19.8 Å². The number of carbonyl (C=O) groups excluding carboxylic acids is 1. The fourth-order valence-corrected chi connectivity index (χ4v) is 1.20. The van der Waals surface area contributed by atoms with Gasteiger partial charge in [-0.3, -0.25) is 9.59 Å². The zero-order valence-electron chi connectivity index (χ0n) is 8.84. The summed E-state index contributed by atoms with van der Waals surface area (Å²) in [7, 11) is 0. The van der Waals surface area contributed by atoms with Gasteiger partial charge in [0.2, 0.25) is 5.56 Å². The van der Waals surface area contributed by atoms with Crippen LogP contribution in [0.5, 0.6) is 0 Å². The molecule has 1 aromatic heterocycles. The van der Waals surface area contributed by atoms with E-state index < -0.39 is 23.5 Å². The topological polar surface area (TPSA) is 119 Å². The van der Waals surface area contributed by atoms with Crippen molar-refractivity contribution in [3.8, 4) is 0 Å². The third-order valence-corrected chi connectivity index (χ3v) is 2.03. The molecule has 0 fully saturated rings. The second kappa shape index (κ2) is 5.80. The number of H-pyrrole nitrogens is 1. The molecule has 0 saturated carbocycles. The number of aromatic amines is 1. The minimum Gasteiger partial charge on any atom is -0.480 e. The largest absolute Gasteiger partial charge is 0.480 e. The lowest BCUT2D eigenvalue weighted by atomic mass is 10.2. The standard InChI is InChI=1S/C10H12N2O5/c13-5-4-7(10(16)17)12-9(15)6-2-1-3-8(14)11-6/h1-3,7,13H,4-5H2,(H,11,14)(H,12,15)(H,16,17). The summed E-state index contributed by atoms with van der Waals surface area (Å²) in [6.45, 7) is -0.359. The number of aliphatic hydroxyl groups is 1. The molecule has 1 heterocycles. The van der Waals surface area contributed by atoms with Gasteiger partial charge in [0, 0.05) is 19.1 Å². The van der Waals surface area contributed by atoms with Crippen LogP contribution in [0.4, 0.5) is 0 Å². The first-order valence-electron chi connectivity index (χ1n) is 4.88.